The number of oxazole rings is 1. The van der Waals surface area contributed by atoms with Crippen molar-refractivity contribution < 1.29 is 9.21 Å². The summed E-state index contributed by atoms with van der Waals surface area (Å²) < 4.78 is 5.11. The van der Waals surface area contributed by atoms with Crippen molar-refractivity contribution >= 4 is 5.78 Å². The fourth-order valence-corrected chi connectivity index (χ4v) is 2.90. The summed E-state index contributed by atoms with van der Waals surface area (Å²) in [6.07, 6.45) is 4.75. The molecule has 1 aromatic carbocycles. The van der Waals surface area contributed by atoms with Gasteiger partial charge in [0.05, 0.1) is 6.20 Å². The van der Waals surface area contributed by atoms with E-state index < -0.39 is 0 Å². The SMILES string of the molecule is Cc1ccccc1CN1CCC(C(=O)c2ncco2)CC1. The van der Waals surface area contributed by atoms with E-state index in [0.717, 1.165) is 32.5 Å². The lowest BCUT2D eigenvalue weighted by molar-refractivity contribution is 0.0799. The number of Topliss-reactive ketones (excluding diaryl/α,β-unsaturated/α-hetero) is 1. The maximum absolute atomic E-state index is 12.2. The van der Waals surface area contributed by atoms with Crippen molar-refractivity contribution in [3.05, 3.63) is 53.7 Å². The van der Waals surface area contributed by atoms with E-state index in [9.17, 15) is 4.79 Å². The second-order valence-corrected chi connectivity index (χ2v) is 5.68. The largest absolute Gasteiger partial charge is 0.442 e. The molecular weight excluding hydrogens is 264 g/mol. The van der Waals surface area contributed by atoms with Gasteiger partial charge in [-0.3, -0.25) is 9.69 Å². The van der Waals surface area contributed by atoms with Crippen LogP contribution in [0.25, 0.3) is 0 Å². The molecule has 2 heterocycles. The second kappa shape index (κ2) is 6.22. The van der Waals surface area contributed by atoms with Crippen molar-refractivity contribution in [2.24, 2.45) is 5.92 Å². The Morgan fingerprint density at radius 3 is 2.76 bits per heavy atom. The van der Waals surface area contributed by atoms with E-state index in [1.165, 1.54) is 23.6 Å². The van der Waals surface area contributed by atoms with Crippen LogP contribution in [0.15, 0.2) is 41.1 Å². The van der Waals surface area contributed by atoms with Crippen LogP contribution in [0.5, 0.6) is 0 Å². The number of piperidine rings is 1. The molecular formula is C17H20N2O2. The molecule has 21 heavy (non-hydrogen) atoms. The Kier molecular flexibility index (Phi) is 4.15. The first-order valence-electron chi connectivity index (χ1n) is 7.44. The minimum absolute atomic E-state index is 0.0514. The maximum Gasteiger partial charge on any atom is 0.263 e. The van der Waals surface area contributed by atoms with Crippen LogP contribution in [0, 0.1) is 12.8 Å². The first kappa shape index (κ1) is 14.0. The van der Waals surface area contributed by atoms with Crippen molar-refractivity contribution in [1.29, 1.82) is 0 Å². The Bertz CT molecular complexity index is 599. The molecule has 0 unspecified atom stereocenters. The van der Waals surface area contributed by atoms with Crippen molar-refractivity contribution in [3.8, 4) is 0 Å². The van der Waals surface area contributed by atoms with Gasteiger partial charge in [-0.05, 0) is 44.0 Å². The predicted molar refractivity (Wildman–Crippen MR) is 80.0 cm³/mol. The predicted octanol–water partition coefficient (Wildman–Crippen LogP) is 3.08. The molecule has 1 aromatic heterocycles. The summed E-state index contributed by atoms with van der Waals surface area (Å²) >= 11 is 0. The third kappa shape index (κ3) is 3.22. The van der Waals surface area contributed by atoms with Crippen LogP contribution < -0.4 is 0 Å². The number of ketones is 1. The highest BCUT2D eigenvalue weighted by Gasteiger charge is 2.28. The van der Waals surface area contributed by atoms with E-state index in [1.807, 2.05) is 0 Å². The maximum atomic E-state index is 12.2. The molecule has 0 saturated carbocycles. The highest BCUT2D eigenvalue weighted by Crippen LogP contribution is 2.23. The number of carbonyl (C=O) groups is 1. The van der Waals surface area contributed by atoms with Gasteiger partial charge in [0, 0.05) is 12.5 Å². The number of hydrogen-bond acceptors (Lipinski definition) is 4. The molecule has 1 aliphatic heterocycles. The molecule has 1 fully saturated rings. The Balaban J connectivity index is 1.56. The molecule has 0 N–H and O–H groups in total. The summed E-state index contributed by atoms with van der Waals surface area (Å²) in [5.41, 5.74) is 2.70. The van der Waals surface area contributed by atoms with E-state index in [0.29, 0.717) is 0 Å². The first-order valence-corrected chi connectivity index (χ1v) is 7.44. The fraction of sp³-hybridized carbons (Fsp3) is 0.412. The molecule has 0 atom stereocenters. The summed E-state index contributed by atoms with van der Waals surface area (Å²) in [5.74, 6) is 0.361. The van der Waals surface area contributed by atoms with Crippen molar-refractivity contribution in [2.45, 2.75) is 26.3 Å². The first-order chi connectivity index (χ1) is 10.2. The van der Waals surface area contributed by atoms with E-state index in [2.05, 4.69) is 41.1 Å². The van der Waals surface area contributed by atoms with Gasteiger partial charge in [0.25, 0.3) is 5.89 Å². The molecule has 0 amide bonds. The number of hydrogen-bond donors (Lipinski definition) is 0. The summed E-state index contributed by atoms with van der Waals surface area (Å²) in [7, 11) is 0. The zero-order valence-corrected chi connectivity index (χ0v) is 12.3. The second-order valence-electron chi connectivity index (χ2n) is 5.68. The molecule has 0 aliphatic carbocycles. The standard InChI is InChI=1S/C17H20N2O2/c1-13-4-2-3-5-15(13)12-19-9-6-14(7-10-19)16(20)17-18-8-11-21-17/h2-5,8,11,14H,6-7,9-10,12H2,1H3. The van der Waals surface area contributed by atoms with Crippen molar-refractivity contribution in [2.75, 3.05) is 13.1 Å². The van der Waals surface area contributed by atoms with Gasteiger partial charge in [-0.1, -0.05) is 24.3 Å². The van der Waals surface area contributed by atoms with E-state index in [-0.39, 0.29) is 17.6 Å². The lowest BCUT2D eigenvalue weighted by Crippen LogP contribution is -2.36. The molecule has 3 rings (SSSR count). The summed E-state index contributed by atoms with van der Waals surface area (Å²) in [6, 6.07) is 8.48. The average molecular weight is 284 g/mol. The Hall–Kier alpha value is -1.94. The van der Waals surface area contributed by atoms with Gasteiger partial charge in [-0.2, -0.15) is 0 Å². The number of carbonyl (C=O) groups excluding carboxylic acids is 1. The lowest BCUT2D eigenvalue weighted by Gasteiger charge is -2.31. The van der Waals surface area contributed by atoms with Gasteiger partial charge in [0.15, 0.2) is 0 Å². The molecule has 2 aromatic rings. The molecule has 110 valence electrons. The summed E-state index contributed by atoms with van der Waals surface area (Å²) in [4.78, 5) is 18.6. The molecule has 1 saturated heterocycles. The monoisotopic (exact) mass is 284 g/mol. The van der Waals surface area contributed by atoms with Crippen LogP contribution in [-0.2, 0) is 6.54 Å². The Labute approximate surface area is 124 Å². The molecule has 1 aliphatic rings. The molecule has 4 nitrogen and oxygen atoms in total. The van der Waals surface area contributed by atoms with Crippen LogP contribution in [0.4, 0.5) is 0 Å². The van der Waals surface area contributed by atoms with E-state index >= 15 is 0 Å². The van der Waals surface area contributed by atoms with Crippen molar-refractivity contribution in [1.82, 2.24) is 9.88 Å². The van der Waals surface area contributed by atoms with Gasteiger partial charge in [-0.25, -0.2) is 4.98 Å². The zero-order valence-electron chi connectivity index (χ0n) is 12.3. The number of likely N-dealkylation sites (tertiary alicyclic amines) is 1. The van der Waals surface area contributed by atoms with Crippen LogP contribution in [0.3, 0.4) is 0 Å². The number of benzene rings is 1. The average Bonchev–Trinajstić information content (AvgIpc) is 3.04. The molecule has 0 radical (unpaired) electrons. The summed E-state index contributed by atoms with van der Waals surface area (Å²) in [6.45, 7) is 5.01. The number of nitrogens with zero attached hydrogens (tertiary/aromatic N) is 2. The fourth-order valence-electron chi connectivity index (χ4n) is 2.90. The van der Waals surface area contributed by atoms with Crippen LogP contribution in [0.1, 0.15) is 34.7 Å². The Morgan fingerprint density at radius 2 is 2.10 bits per heavy atom. The zero-order chi connectivity index (χ0) is 14.7. The van der Waals surface area contributed by atoms with Gasteiger partial charge < -0.3 is 4.42 Å². The van der Waals surface area contributed by atoms with Gasteiger partial charge in [0.1, 0.15) is 6.26 Å². The number of rotatable bonds is 4. The molecule has 0 bridgehead atoms. The Morgan fingerprint density at radius 1 is 1.33 bits per heavy atom. The lowest BCUT2D eigenvalue weighted by atomic mass is 9.92. The van der Waals surface area contributed by atoms with Crippen LogP contribution in [-0.4, -0.2) is 28.8 Å². The highest BCUT2D eigenvalue weighted by molar-refractivity contribution is 5.93. The summed E-state index contributed by atoms with van der Waals surface area (Å²) in [5, 5.41) is 0. The third-order valence-electron chi connectivity index (χ3n) is 4.26. The van der Waals surface area contributed by atoms with Crippen LogP contribution >= 0.6 is 0 Å². The normalized spacial score (nSPS) is 17.0. The molecule has 4 heteroatoms. The number of aryl methyl sites for hydroxylation is 1. The van der Waals surface area contributed by atoms with Crippen molar-refractivity contribution in [3.63, 3.8) is 0 Å². The van der Waals surface area contributed by atoms with Gasteiger partial charge in [-0.15, -0.1) is 0 Å². The van der Waals surface area contributed by atoms with Gasteiger partial charge in [0.2, 0.25) is 5.78 Å². The quantitative estimate of drug-likeness (QED) is 0.809. The van der Waals surface area contributed by atoms with Gasteiger partial charge >= 0.3 is 0 Å². The topological polar surface area (TPSA) is 46.3 Å². The minimum atomic E-state index is 0.0514. The minimum Gasteiger partial charge on any atom is -0.442 e. The molecule has 0 spiro atoms. The third-order valence-corrected chi connectivity index (χ3v) is 4.26. The van der Waals surface area contributed by atoms with E-state index in [1.54, 1.807) is 0 Å². The number of aromatic nitrogens is 1. The highest BCUT2D eigenvalue weighted by atomic mass is 16.3. The smallest absolute Gasteiger partial charge is 0.263 e. The van der Waals surface area contributed by atoms with E-state index in [4.69, 9.17) is 4.42 Å². The van der Waals surface area contributed by atoms with Crippen LogP contribution in [0.2, 0.25) is 0 Å².